The lowest BCUT2D eigenvalue weighted by molar-refractivity contribution is 0.403. The Balaban J connectivity index is 2.08. The van der Waals surface area contributed by atoms with Crippen molar-refractivity contribution >= 4 is 0 Å². The zero-order valence-electron chi connectivity index (χ0n) is 13.2. The number of fused-ring (bicyclic) bond motifs is 1. The molecule has 1 aliphatic heterocycles. The van der Waals surface area contributed by atoms with Crippen LogP contribution in [0, 0.1) is 13.8 Å². The zero-order valence-corrected chi connectivity index (χ0v) is 13.2. The number of aryl methyl sites for hydroxylation is 1. The van der Waals surface area contributed by atoms with Crippen molar-refractivity contribution in [2.75, 3.05) is 7.11 Å². The quantitative estimate of drug-likeness (QED) is 0.923. The fraction of sp³-hybridized carbons (Fsp3) is 0.471. The van der Waals surface area contributed by atoms with Crippen LogP contribution < -0.4 is 10.5 Å². The van der Waals surface area contributed by atoms with Crippen LogP contribution in [-0.2, 0) is 6.54 Å². The number of hydrogen-bond donors (Lipinski definition) is 1. The highest BCUT2D eigenvalue weighted by atomic mass is 16.5. The first-order valence-electron chi connectivity index (χ1n) is 7.49. The fourth-order valence-corrected chi connectivity index (χ4v) is 3.33. The summed E-state index contributed by atoms with van der Waals surface area (Å²) < 4.78 is 7.62. The largest absolute Gasteiger partial charge is 0.496 e. The van der Waals surface area contributed by atoms with E-state index in [-0.39, 0.29) is 6.04 Å². The molecule has 2 aromatic rings. The maximum Gasteiger partial charge on any atom is 0.121 e. The van der Waals surface area contributed by atoms with Crippen LogP contribution in [0.4, 0.5) is 0 Å². The predicted molar refractivity (Wildman–Crippen MR) is 84.7 cm³/mol. The van der Waals surface area contributed by atoms with E-state index in [1.54, 1.807) is 7.11 Å². The average Bonchev–Trinajstić information content (AvgIpc) is 2.77. The van der Waals surface area contributed by atoms with Crippen molar-refractivity contribution in [1.82, 2.24) is 9.55 Å². The Labute approximate surface area is 125 Å². The normalized spacial score (nSPS) is 21.2. The Hall–Kier alpha value is -1.81. The molecule has 0 radical (unpaired) electrons. The van der Waals surface area contributed by atoms with Gasteiger partial charge in [0.15, 0.2) is 0 Å². The first-order chi connectivity index (χ1) is 10.0. The summed E-state index contributed by atoms with van der Waals surface area (Å²) >= 11 is 0. The van der Waals surface area contributed by atoms with Gasteiger partial charge in [0.05, 0.1) is 12.8 Å². The summed E-state index contributed by atoms with van der Waals surface area (Å²) in [5.41, 5.74) is 10.7. The molecule has 0 saturated carbocycles. The second kappa shape index (κ2) is 5.19. The van der Waals surface area contributed by atoms with Gasteiger partial charge in [0.25, 0.3) is 0 Å². The number of nitrogens with zero attached hydrogens (tertiary/aromatic N) is 2. The number of nitrogens with two attached hydrogens (primary N) is 1. The van der Waals surface area contributed by atoms with Crippen LogP contribution in [0.25, 0.3) is 11.3 Å². The van der Waals surface area contributed by atoms with Crippen molar-refractivity contribution in [2.45, 2.75) is 45.7 Å². The topological polar surface area (TPSA) is 53.1 Å². The van der Waals surface area contributed by atoms with Gasteiger partial charge in [-0.05, 0) is 44.0 Å². The Morgan fingerprint density at radius 2 is 2.10 bits per heavy atom. The monoisotopic (exact) mass is 285 g/mol. The van der Waals surface area contributed by atoms with Crippen LogP contribution in [-0.4, -0.2) is 22.7 Å². The van der Waals surface area contributed by atoms with E-state index in [0.717, 1.165) is 41.4 Å². The van der Waals surface area contributed by atoms with Crippen molar-refractivity contribution < 1.29 is 4.74 Å². The van der Waals surface area contributed by atoms with Crippen LogP contribution in [0.5, 0.6) is 5.75 Å². The minimum atomic E-state index is 0.228. The minimum Gasteiger partial charge on any atom is -0.496 e. The first kappa shape index (κ1) is 14.1. The highest BCUT2D eigenvalue weighted by Gasteiger charge is 2.26. The Kier molecular flexibility index (Phi) is 3.49. The lowest BCUT2D eigenvalue weighted by atomic mass is 9.98. The Morgan fingerprint density at radius 1 is 1.33 bits per heavy atom. The smallest absolute Gasteiger partial charge is 0.121 e. The number of aromatic nitrogens is 2. The van der Waals surface area contributed by atoms with E-state index in [0.29, 0.717) is 5.92 Å². The van der Waals surface area contributed by atoms with Gasteiger partial charge in [0.2, 0.25) is 0 Å². The van der Waals surface area contributed by atoms with Crippen molar-refractivity contribution in [3.63, 3.8) is 0 Å². The second-order valence-corrected chi connectivity index (χ2v) is 6.10. The molecule has 4 nitrogen and oxygen atoms in total. The zero-order chi connectivity index (χ0) is 15.1. The van der Waals surface area contributed by atoms with Crippen LogP contribution in [0.2, 0.25) is 0 Å². The van der Waals surface area contributed by atoms with E-state index in [4.69, 9.17) is 15.5 Å². The van der Waals surface area contributed by atoms with E-state index in [2.05, 4.69) is 37.5 Å². The van der Waals surface area contributed by atoms with E-state index in [1.165, 1.54) is 5.69 Å². The van der Waals surface area contributed by atoms with Crippen molar-refractivity contribution in [3.8, 4) is 17.0 Å². The molecule has 0 aliphatic carbocycles. The number of imidazole rings is 1. The number of methoxy groups -OCH3 is 1. The van der Waals surface area contributed by atoms with Crippen molar-refractivity contribution in [2.24, 2.45) is 5.73 Å². The summed E-state index contributed by atoms with van der Waals surface area (Å²) in [5.74, 6) is 2.49. The number of ether oxygens (including phenoxy) is 1. The molecule has 1 aromatic carbocycles. The molecule has 21 heavy (non-hydrogen) atoms. The number of rotatable bonds is 2. The lowest BCUT2D eigenvalue weighted by Gasteiger charge is -2.26. The average molecular weight is 285 g/mol. The Morgan fingerprint density at radius 3 is 2.76 bits per heavy atom. The minimum absolute atomic E-state index is 0.228. The molecule has 0 spiro atoms. The van der Waals surface area contributed by atoms with Gasteiger partial charge in [0.1, 0.15) is 11.6 Å². The van der Waals surface area contributed by atoms with Gasteiger partial charge in [-0.2, -0.15) is 0 Å². The van der Waals surface area contributed by atoms with Gasteiger partial charge >= 0.3 is 0 Å². The summed E-state index contributed by atoms with van der Waals surface area (Å²) in [6.07, 6.45) is 1.01. The predicted octanol–water partition coefficient (Wildman–Crippen LogP) is 3.01. The molecule has 0 saturated heterocycles. The van der Waals surface area contributed by atoms with E-state index in [1.807, 2.05) is 6.07 Å². The lowest BCUT2D eigenvalue weighted by Crippen LogP contribution is -2.34. The van der Waals surface area contributed by atoms with E-state index in [9.17, 15) is 0 Å². The molecule has 2 heterocycles. The molecule has 2 unspecified atom stereocenters. The highest BCUT2D eigenvalue weighted by molar-refractivity contribution is 5.65. The van der Waals surface area contributed by atoms with Crippen molar-refractivity contribution in [3.05, 3.63) is 35.3 Å². The van der Waals surface area contributed by atoms with E-state index >= 15 is 0 Å². The molecule has 0 bridgehead atoms. The molecule has 1 aliphatic rings. The maximum absolute atomic E-state index is 6.15. The first-order valence-corrected chi connectivity index (χ1v) is 7.49. The Bertz CT molecular complexity index is 675. The molecule has 0 amide bonds. The molecular weight excluding hydrogens is 262 g/mol. The number of benzene rings is 1. The summed E-state index contributed by atoms with van der Waals surface area (Å²) in [5, 5.41) is 0. The third-order valence-electron chi connectivity index (χ3n) is 4.43. The molecule has 2 atom stereocenters. The van der Waals surface area contributed by atoms with Crippen LogP contribution in [0.15, 0.2) is 18.2 Å². The van der Waals surface area contributed by atoms with Gasteiger partial charge in [-0.15, -0.1) is 0 Å². The molecule has 2 N–H and O–H groups in total. The van der Waals surface area contributed by atoms with Gasteiger partial charge in [-0.1, -0.05) is 6.92 Å². The molecule has 3 rings (SSSR count). The van der Waals surface area contributed by atoms with E-state index < -0.39 is 0 Å². The molecule has 1 aromatic heterocycles. The summed E-state index contributed by atoms with van der Waals surface area (Å²) in [7, 11) is 1.70. The standard InChI is InChI=1S/C17H23N3O/c1-10-7-13(5-6-15(10)21-4)16-12(3)20-9-14(18)8-11(2)17(20)19-16/h5-7,11,14H,8-9,18H2,1-4H3. The summed E-state index contributed by atoms with van der Waals surface area (Å²) in [6, 6.07) is 6.46. The maximum atomic E-state index is 6.15. The van der Waals surface area contributed by atoms with Gasteiger partial charge in [-0.25, -0.2) is 4.98 Å². The molecule has 4 heteroatoms. The van der Waals surface area contributed by atoms with Crippen LogP contribution in [0.3, 0.4) is 0 Å². The highest BCUT2D eigenvalue weighted by Crippen LogP contribution is 2.33. The van der Waals surface area contributed by atoms with Crippen LogP contribution >= 0.6 is 0 Å². The van der Waals surface area contributed by atoms with Crippen LogP contribution in [0.1, 0.15) is 36.3 Å². The third kappa shape index (κ3) is 2.33. The van der Waals surface area contributed by atoms with Gasteiger partial charge < -0.3 is 15.0 Å². The molecular formula is C17H23N3O. The number of hydrogen-bond acceptors (Lipinski definition) is 3. The summed E-state index contributed by atoms with van der Waals surface area (Å²) in [4.78, 5) is 4.90. The fourth-order valence-electron chi connectivity index (χ4n) is 3.33. The molecule has 0 fully saturated rings. The third-order valence-corrected chi connectivity index (χ3v) is 4.43. The van der Waals surface area contributed by atoms with Gasteiger partial charge in [-0.3, -0.25) is 0 Å². The summed E-state index contributed by atoms with van der Waals surface area (Å²) in [6.45, 7) is 7.27. The molecule has 112 valence electrons. The second-order valence-electron chi connectivity index (χ2n) is 6.10. The van der Waals surface area contributed by atoms with Crippen molar-refractivity contribution in [1.29, 1.82) is 0 Å². The van der Waals surface area contributed by atoms with Gasteiger partial charge in [0, 0.05) is 29.8 Å². The SMILES string of the molecule is COc1ccc(-c2nc3n(c2C)CC(N)CC3C)cc1C.